The maximum Gasteiger partial charge on any atom is 0.461 e. The van der Waals surface area contributed by atoms with Crippen LogP contribution in [0.5, 0.6) is 0 Å². The summed E-state index contributed by atoms with van der Waals surface area (Å²) >= 11 is 0. The van der Waals surface area contributed by atoms with Gasteiger partial charge in [0.05, 0.1) is 17.5 Å². The summed E-state index contributed by atoms with van der Waals surface area (Å²) in [5.41, 5.74) is -0.402. The molecule has 1 aromatic heterocycles. The number of aromatic nitrogens is 3. The first kappa shape index (κ1) is 19.6. The summed E-state index contributed by atoms with van der Waals surface area (Å²) in [5, 5.41) is 41.3. The van der Waals surface area contributed by atoms with Crippen molar-refractivity contribution in [3.05, 3.63) is 38.7 Å². The molecule has 0 atom stereocenters. The number of fused-ring (bicyclic) bond motifs is 1. The van der Waals surface area contributed by atoms with Crippen LogP contribution in [0.2, 0.25) is 0 Å². The molecule has 0 aliphatic rings. The van der Waals surface area contributed by atoms with Gasteiger partial charge in [-0.2, -0.15) is 0 Å². The number of nitrogens with zero attached hydrogens (tertiary/aromatic N) is 5. The molecule has 0 bridgehead atoms. The summed E-state index contributed by atoms with van der Waals surface area (Å²) in [5.74, 6) is -0.131. The number of non-ortho nitro benzene ring substituents is 1. The van der Waals surface area contributed by atoms with E-state index in [1.807, 2.05) is 13.8 Å². The fourth-order valence-electron chi connectivity index (χ4n) is 2.22. The smallest absolute Gasteiger partial charge is 0.461 e. The van der Waals surface area contributed by atoms with Crippen molar-refractivity contribution in [2.75, 3.05) is 31.5 Å². The Morgan fingerprint density at radius 2 is 1.92 bits per heavy atom. The third kappa shape index (κ3) is 4.09. The van der Waals surface area contributed by atoms with Crippen molar-refractivity contribution in [2.24, 2.45) is 0 Å². The molecule has 132 valence electrons. The first-order valence-corrected chi connectivity index (χ1v) is 7.25. The molecular formula is C13H19ClN6O4. The molecule has 2 rings (SSSR count). The minimum atomic E-state index is -0.634. The lowest BCUT2D eigenvalue weighted by atomic mass is 10.3. The molecule has 11 heteroatoms. The summed E-state index contributed by atoms with van der Waals surface area (Å²) in [6.45, 7) is 6.98. The zero-order valence-corrected chi connectivity index (χ0v) is 14.2. The van der Waals surface area contributed by atoms with E-state index in [1.54, 1.807) is 0 Å². The molecule has 1 heterocycles. The highest BCUT2D eigenvalue weighted by molar-refractivity contribution is 5.85. The summed E-state index contributed by atoms with van der Waals surface area (Å²) in [6, 6.07) is 3.45. The third-order valence-electron chi connectivity index (χ3n) is 3.58. The lowest BCUT2D eigenvalue weighted by molar-refractivity contribution is -0.672. The highest BCUT2D eigenvalue weighted by Gasteiger charge is 2.22. The molecule has 0 amide bonds. The average Bonchev–Trinajstić information content (AvgIpc) is 2.55. The van der Waals surface area contributed by atoms with Crippen molar-refractivity contribution < 1.29 is 14.5 Å². The monoisotopic (exact) mass is 358 g/mol. The number of nitrogens with one attached hydrogen (secondary N) is 1. The van der Waals surface area contributed by atoms with E-state index >= 15 is 0 Å². The van der Waals surface area contributed by atoms with Gasteiger partial charge in [0.2, 0.25) is 5.10 Å². The zero-order valence-electron chi connectivity index (χ0n) is 13.3. The Bertz CT molecular complexity index is 725. The summed E-state index contributed by atoms with van der Waals surface area (Å²) in [6.07, 6.45) is 0. The van der Waals surface area contributed by atoms with E-state index in [1.165, 1.54) is 12.1 Å². The molecule has 24 heavy (non-hydrogen) atoms. The van der Waals surface area contributed by atoms with Crippen LogP contribution in [-0.4, -0.2) is 41.1 Å². The summed E-state index contributed by atoms with van der Waals surface area (Å²) in [4.78, 5) is 12.5. The van der Waals surface area contributed by atoms with Gasteiger partial charge in [-0.1, -0.05) is 13.8 Å². The van der Waals surface area contributed by atoms with E-state index < -0.39 is 4.92 Å². The second-order valence-corrected chi connectivity index (χ2v) is 4.87. The lowest BCUT2D eigenvalue weighted by Crippen LogP contribution is -2.45. The molecule has 0 aliphatic heterocycles. The van der Waals surface area contributed by atoms with Gasteiger partial charge in [0.25, 0.3) is 5.69 Å². The second kappa shape index (κ2) is 8.41. The molecule has 1 aromatic carbocycles. The Balaban J connectivity index is 0.00000288. The van der Waals surface area contributed by atoms with Crippen molar-refractivity contribution in [3.63, 3.8) is 0 Å². The first-order valence-electron chi connectivity index (χ1n) is 7.25. The normalized spacial score (nSPS) is 10.6. The molecule has 0 aliphatic carbocycles. The third-order valence-corrected chi connectivity index (χ3v) is 3.58. The van der Waals surface area contributed by atoms with Gasteiger partial charge in [-0.05, 0) is 19.2 Å². The number of halogens is 1. The van der Waals surface area contributed by atoms with Crippen molar-refractivity contribution in [3.8, 4) is 0 Å². The average molecular weight is 359 g/mol. The van der Waals surface area contributed by atoms with E-state index in [9.17, 15) is 20.5 Å². The van der Waals surface area contributed by atoms with Crippen molar-refractivity contribution in [1.29, 1.82) is 0 Å². The van der Waals surface area contributed by atoms with E-state index in [4.69, 9.17) is 0 Å². The molecule has 0 unspecified atom stereocenters. The maximum atomic E-state index is 12.2. The van der Waals surface area contributed by atoms with Crippen molar-refractivity contribution >= 4 is 35.1 Å². The lowest BCUT2D eigenvalue weighted by Gasteiger charge is -2.17. The SMILES string of the molecule is CCN(CC)CCNc1n[n+]([O-])c2cc([N+](=O)[O-])ccc2[n+]1[O-].Cl. The van der Waals surface area contributed by atoms with Crippen molar-refractivity contribution in [2.45, 2.75) is 13.8 Å². The first-order chi connectivity index (χ1) is 11.0. The quantitative estimate of drug-likeness (QED) is 0.332. The second-order valence-electron chi connectivity index (χ2n) is 4.87. The van der Waals surface area contributed by atoms with E-state index in [0.717, 1.165) is 19.2 Å². The van der Waals surface area contributed by atoms with Crippen LogP contribution < -0.4 is 14.9 Å². The number of hydrogen-bond acceptors (Lipinski definition) is 7. The molecule has 1 N–H and O–H groups in total. The van der Waals surface area contributed by atoms with Gasteiger partial charge >= 0.3 is 11.5 Å². The minimum absolute atomic E-state index is 0. The minimum Gasteiger partial charge on any atom is -0.739 e. The van der Waals surface area contributed by atoms with E-state index in [0.29, 0.717) is 17.8 Å². The standard InChI is InChI=1S/C13H18N6O4.ClH/c1-3-16(4-2)8-7-14-13-15-18(21)12-9-10(19(22)23)5-6-11(12)17(13)20;/h5-6,9H,3-4,7-8H2,1-2H3,(H,14,15);1H. The Morgan fingerprint density at radius 1 is 1.25 bits per heavy atom. The summed E-state index contributed by atoms with van der Waals surface area (Å²) in [7, 11) is 0. The highest BCUT2D eigenvalue weighted by atomic mass is 35.5. The molecule has 0 fully saturated rings. The molecule has 2 aromatic rings. The molecule has 0 saturated carbocycles. The number of benzene rings is 1. The van der Waals surface area contributed by atoms with Crippen LogP contribution in [0, 0.1) is 20.5 Å². The van der Waals surface area contributed by atoms with Crippen LogP contribution in [-0.2, 0) is 0 Å². The summed E-state index contributed by atoms with van der Waals surface area (Å²) < 4.78 is 0.468. The maximum absolute atomic E-state index is 12.2. The van der Waals surface area contributed by atoms with Gasteiger partial charge in [-0.25, -0.2) is 4.73 Å². The predicted octanol–water partition coefficient (Wildman–Crippen LogP) is 0.585. The van der Waals surface area contributed by atoms with Gasteiger partial charge in [0, 0.05) is 17.5 Å². The molecule has 0 saturated heterocycles. The number of nitro benzene ring substituents is 1. The Labute approximate surface area is 144 Å². The van der Waals surface area contributed by atoms with Crippen LogP contribution in [0.4, 0.5) is 11.6 Å². The van der Waals surface area contributed by atoms with Gasteiger partial charge in [-0.15, -0.1) is 12.4 Å². The van der Waals surface area contributed by atoms with Gasteiger partial charge < -0.3 is 15.3 Å². The molecule has 10 nitrogen and oxygen atoms in total. The van der Waals surface area contributed by atoms with Crippen LogP contribution in [0.3, 0.4) is 0 Å². The molecular weight excluding hydrogens is 340 g/mol. The number of likely N-dealkylation sites (N-methyl/N-ethyl adjacent to an activating group) is 1. The fourth-order valence-corrected chi connectivity index (χ4v) is 2.22. The van der Waals surface area contributed by atoms with Crippen LogP contribution in [0.15, 0.2) is 18.2 Å². The molecule has 0 spiro atoms. The Kier molecular flexibility index (Phi) is 6.86. The van der Waals surface area contributed by atoms with Crippen molar-refractivity contribution in [1.82, 2.24) is 10.00 Å². The van der Waals surface area contributed by atoms with Gasteiger partial charge in [0.1, 0.15) is 0 Å². The topological polar surface area (TPSA) is 125 Å². The Morgan fingerprint density at radius 3 is 2.50 bits per heavy atom. The van der Waals surface area contributed by atoms with Crippen LogP contribution >= 0.6 is 12.4 Å². The van der Waals surface area contributed by atoms with E-state index in [2.05, 4.69) is 15.3 Å². The predicted molar refractivity (Wildman–Crippen MR) is 89.8 cm³/mol. The zero-order chi connectivity index (χ0) is 17.0. The van der Waals surface area contributed by atoms with Gasteiger partial charge in [0.15, 0.2) is 5.52 Å². The van der Waals surface area contributed by atoms with Gasteiger partial charge in [-0.3, -0.25) is 15.4 Å². The fraction of sp³-hybridized carbons (Fsp3) is 0.462. The number of anilines is 1. The molecule has 0 radical (unpaired) electrons. The van der Waals surface area contributed by atoms with Crippen LogP contribution in [0.25, 0.3) is 11.0 Å². The Hall–Kier alpha value is -2.46. The number of rotatable bonds is 7. The highest BCUT2D eigenvalue weighted by Crippen LogP contribution is 2.15. The van der Waals surface area contributed by atoms with E-state index in [-0.39, 0.29) is 39.9 Å². The number of hydrogen-bond donors (Lipinski definition) is 1. The largest absolute Gasteiger partial charge is 0.739 e. The number of nitro groups is 1. The van der Waals surface area contributed by atoms with Crippen LogP contribution in [0.1, 0.15) is 13.8 Å².